The molecule has 0 rings (SSSR count). The Bertz CT molecular complexity index is 261. The molecule has 0 fully saturated rings. The van der Waals surface area contributed by atoms with E-state index in [1.54, 1.807) is 0 Å². The van der Waals surface area contributed by atoms with E-state index in [0.29, 0.717) is 0 Å². The summed E-state index contributed by atoms with van der Waals surface area (Å²) in [6.07, 6.45) is 2.98. The Hall–Kier alpha value is -0.0600. The topological polar surface area (TPSA) is 38.4 Å². The largest absolute Gasteiger partial charge is 0.401 e. The Balaban J connectivity index is 4.82. The molecule has 0 aliphatic rings. The molecule has 0 bridgehead atoms. The molecule has 0 aromatic carbocycles. The van der Waals surface area contributed by atoms with Crippen LogP contribution >= 0.6 is 22.6 Å². The number of hydrogen-bond acceptors (Lipinski definition) is 2. The summed E-state index contributed by atoms with van der Waals surface area (Å²) < 4.78 is 1.04. The minimum absolute atomic E-state index is 0.277. The van der Waals surface area contributed by atoms with Gasteiger partial charge in [-0.25, -0.2) is 4.99 Å². The van der Waals surface area contributed by atoms with Crippen LogP contribution in [0.5, 0.6) is 0 Å². The highest BCUT2D eigenvalue weighted by atomic mass is 127. The summed E-state index contributed by atoms with van der Waals surface area (Å²) in [6.45, 7) is 10.8. The van der Waals surface area contributed by atoms with Gasteiger partial charge in [0.05, 0.1) is 9.42 Å². The first-order valence-electron chi connectivity index (χ1n) is 5.50. The van der Waals surface area contributed by atoms with Crippen LogP contribution in [0.25, 0.3) is 0 Å². The van der Waals surface area contributed by atoms with Crippen LogP contribution in [-0.2, 0) is 0 Å². The van der Waals surface area contributed by atoms with Crippen molar-refractivity contribution < 1.29 is 0 Å². The minimum Gasteiger partial charge on any atom is -0.401 e. The van der Waals surface area contributed by atoms with Crippen LogP contribution in [-0.4, -0.2) is 3.72 Å². The smallest absolute Gasteiger partial charge is 0.0756 e. The number of halogens is 1. The lowest BCUT2D eigenvalue weighted by Crippen LogP contribution is -2.16. The van der Waals surface area contributed by atoms with Crippen LogP contribution in [0.1, 0.15) is 53.9 Å². The van der Waals surface area contributed by atoms with Gasteiger partial charge in [-0.05, 0) is 47.8 Å². The molecule has 0 aliphatic carbocycles. The Morgan fingerprint density at radius 2 is 1.87 bits per heavy atom. The predicted octanol–water partition coefficient (Wildman–Crippen LogP) is 4.25. The molecule has 3 heteroatoms. The molecule has 0 aromatic heterocycles. The van der Waals surface area contributed by atoms with Gasteiger partial charge in [-0.15, -0.1) is 0 Å². The maximum atomic E-state index is 6.11. The van der Waals surface area contributed by atoms with Crippen LogP contribution < -0.4 is 5.73 Å². The molecule has 2 nitrogen and oxygen atoms in total. The van der Waals surface area contributed by atoms with Gasteiger partial charge in [-0.3, -0.25) is 0 Å². The van der Waals surface area contributed by atoms with E-state index in [-0.39, 0.29) is 5.41 Å². The molecule has 0 unspecified atom stereocenters. The van der Waals surface area contributed by atoms with Crippen LogP contribution in [0.4, 0.5) is 0 Å². The van der Waals surface area contributed by atoms with Gasteiger partial charge in [0.2, 0.25) is 0 Å². The Morgan fingerprint density at radius 1 is 1.33 bits per heavy atom. The van der Waals surface area contributed by atoms with Crippen LogP contribution in [0, 0.1) is 5.41 Å². The number of nitrogens with zero attached hydrogens (tertiary/aromatic N) is 1. The second kappa shape index (κ2) is 6.51. The van der Waals surface area contributed by atoms with Crippen molar-refractivity contribution >= 4 is 26.3 Å². The summed E-state index contributed by atoms with van der Waals surface area (Å²) in [5.74, 6) is 0. The average molecular weight is 322 g/mol. The van der Waals surface area contributed by atoms with Crippen LogP contribution in [0.2, 0.25) is 0 Å². The molecule has 0 radical (unpaired) electrons. The van der Waals surface area contributed by atoms with E-state index >= 15 is 0 Å². The zero-order chi connectivity index (χ0) is 12.1. The van der Waals surface area contributed by atoms with E-state index in [9.17, 15) is 0 Å². The molecule has 0 atom stereocenters. The van der Waals surface area contributed by atoms with Crippen molar-refractivity contribution in [3.8, 4) is 0 Å². The fraction of sp³-hybridized carbons (Fsp3) is 0.750. The van der Waals surface area contributed by atoms with Gasteiger partial charge in [0, 0.05) is 5.70 Å². The van der Waals surface area contributed by atoms with Gasteiger partial charge >= 0.3 is 0 Å². The minimum atomic E-state index is 0.277. The normalized spacial score (nSPS) is 15.2. The Labute approximate surface area is 108 Å². The van der Waals surface area contributed by atoms with Crippen LogP contribution in [0.15, 0.2) is 16.4 Å². The van der Waals surface area contributed by atoms with Gasteiger partial charge in [0.15, 0.2) is 0 Å². The molecule has 0 aliphatic heterocycles. The van der Waals surface area contributed by atoms with Gasteiger partial charge in [0.1, 0.15) is 0 Å². The van der Waals surface area contributed by atoms with Crippen molar-refractivity contribution in [2.24, 2.45) is 16.1 Å². The Kier molecular flexibility index (Phi) is 6.48. The molecular weight excluding hydrogens is 299 g/mol. The molecule has 0 amide bonds. The second-order valence-corrected chi connectivity index (χ2v) is 6.19. The first-order chi connectivity index (χ1) is 6.82. The first-order valence-corrected chi connectivity index (χ1v) is 6.58. The molecule has 0 aromatic rings. The third-order valence-corrected chi connectivity index (χ3v) is 2.86. The quantitative estimate of drug-likeness (QED) is 0.596. The third-order valence-electron chi connectivity index (χ3n) is 2.62. The molecule has 2 N–H and O–H groups in total. The van der Waals surface area contributed by atoms with E-state index in [4.69, 9.17) is 5.73 Å². The lowest BCUT2D eigenvalue weighted by molar-refractivity contribution is 0.345. The Morgan fingerprint density at radius 3 is 2.20 bits per heavy atom. The maximum absolute atomic E-state index is 6.11. The van der Waals surface area contributed by atoms with Crippen molar-refractivity contribution in [1.82, 2.24) is 0 Å². The summed E-state index contributed by atoms with van der Waals surface area (Å²) in [5.41, 5.74) is 8.37. The van der Waals surface area contributed by atoms with Crippen molar-refractivity contribution in [2.45, 2.75) is 53.9 Å². The third kappa shape index (κ3) is 6.17. The lowest BCUT2D eigenvalue weighted by atomic mass is 9.85. The highest BCUT2D eigenvalue weighted by Crippen LogP contribution is 2.28. The van der Waals surface area contributed by atoms with Gasteiger partial charge in [-0.1, -0.05) is 34.1 Å². The van der Waals surface area contributed by atoms with Crippen molar-refractivity contribution in [3.63, 3.8) is 0 Å². The monoisotopic (exact) mass is 322 g/mol. The first kappa shape index (κ1) is 14.9. The number of rotatable bonds is 5. The number of nitrogens with two attached hydrogens (primary N) is 1. The fourth-order valence-corrected chi connectivity index (χ4v) is 1.60. The number of hydrogen-bond donors (Lipinski definition) is 1. The van der Waals surface area contributed by atoms with E-state index in [2.05, 4.69) is 55.3 Å². The van der Waals surface area contributed by atoms with Gasteiger partial charge in [0.25, 0.3) is 0 Å². The summed E-state index contributed by atoms with van der Waals surface area (Å²) in [4.78, 5) is 4.47. The SMILES string of the molecule is CC/C(N=C(C)I)=C(/N)CC(C)(C)CC. The fourth-order valence-electron chi connectivity index (χ4n) is 1.31. The lowest BCUT2D eigenvalue weighted by Gasteiger charge is -2.23. The van der Waals surface area contributed by atoms with Crippen molar-refractivity contribution in [3.05, 3.63) is 11.4 Å². The maximum Gasteiger partial charge on any atom is 0.0756 e. The standard InChI is InChI=1S/C12H23IN2/c1-6-11(15-9(3)13)10(14)8-12(4,5)7-2/h6-8,14H2,1-5H3/b11-10-,15-9?. The van der Waals surface area contributed by atoms with E-state index < -0.39 is 0 Å². The van der Waals surface area contributed by atoms with E-state index in [1.165, 1.54) is 0 Å². The summed E-state index contributed by atoms with van der Waals surface area (Å²) in [5, 5.41) is 0. The molecular formula is C12H23IN2. The molecule has 15 heavy (non-hydrogen) atoms. The molecule has 88 valence electrons. The van der Waals surface area contributed by atoms with Crippen molar-refractivity contribution in [1.29, 1.82) is 0 Å². The number of allylic oxidation sites excluding steroid dienone is 2. The van der Waals surface area contributed by atoms with Crippen molar-refractivity contribution in [2.75, 3.05) is 0 Å². The zero-order valence-corrected chi connectivity index (χ0v) is 12.7. The predicted molar refractivity (Wildman–Crippen MR) is 77.3 cm³/mol. The van der Waals surface area contributed by atoms with E-state index in [0.717, 1.165) is 34.4 Å². The summed E-state index contributed by atoms with van der Waals surface area (Å²) in [6, 6.07) is 0. The molecule has 0 spiro atoms. The van der Waals surface area contributed by atoms with E-state index in [1.807, 2.05) is 6.92 Å². The van der Waals surface area contributed by atoms with Crippen LogP contribution in [0.3, 0.4) is 0 Å². The molecule has 0 heterocycles. The zero-order valence-electron chi connectivity index (χ0n) is 10.5. The van der Waals surface area contributed by atoms with Gasteiger partial charge in [-0.2, -0.15) is 0 Å². The number of aliphatic imine (C=N–C) groups is 1. The highest BCUT2D eigenvalue weighted by Gasteiger charge is 2.17. The summed E-state index contributed by atoms with van der Waals surface area (Å²) >= 11 is 2.22. The molecule has 0 saturated heterocycles. The average Bonchev–Trinajstić information content (AvgIpc) is 2.13. The summed E-state index contributed by atoms with van der Waals surface area (Å²) in [7, 11) is 0. The highest BCUT2D eigenvalue weighted by molar-refractivity contribution is 14.1. The van der Waals surface area contributed by atoms with Gasteiger partial charge < -0.3 is 5.73 Å². The second-order valence-electron chi connectivity index (χ2n) is 4.63. The molecule has 0 saturated carbocycles.